The van der Waals surface area contributed by atoms with Gasteiger partial charge in [-0.25, -0.2) is 5.43 Å². The fourth-order valence-electron chi connectivity index (χ4n) is 2.77. The van der Waals surface area contributed by atoms with Crippen LogP contribution in [0.1, 0.15) is 25.7 Å². The Kier molecular flexibility index (Phi) is 3.18. The van der Waals surface area contributed by atoms with E-state index in [2.05, 4.69) is 10.2 Å². The molecule has 1 aliphatic carbocycles. The van der Waals surface area contributed by atoms with E-state index >= 15 is 0 Å². The lowest BCUT2D eigenvalue weighted by Crippen LogP contribution is -2.48. The van der Waals surface area contributed by atoms with Crippen molar-refractivity contribution < 1.29 is 14.3 Å². The van der Waals surface area contributed by atoms with Gasteiger partial charge in [0.05, 0.1) is 13.5 Å². The minimum Gasteiger partial charge on any atom is -0.469 e. The van der Waals surface area contributed by atoms with Gasteiger partial charge in [0.2, 0.25) is 0 Å². The highest BCUT2D eigenvalue weighted by molar-refractivity contribution is 5.84. The Morgan fingerprint density at radius 1 is 1.47 bits per heavy atom. The molecular formula is C13H19N3O3. The minimum atomic E-state index is -0.288. The number of fused-ring (bicyclic) bond motifs is 1. The number of rotatable bonds is 4. The molecule has 0 aromatic heterocycles. The van der Waals surface area contributed by atoms with Crippen molar-refractivity contribution in [2.75, 3.05) is 13.7 Å². The molecule has 1 saturated heterocycles. The van der Waals surface area contributed by atoms with E-state index in [1.807, 2.05) is 11.2 Å². The molecule has 2 fully saturated rings. The first kappa shape index (κ1) is 12.5. The van der Waals surface area contributed by atoms with Gasteiger partial charge in [0.1, 0.15) is 6.04 Å². The van der Waals surface area contributed by atoms with Gasteiger partial charge < -0.3 is 14.6 Å². The van der Waals surface area contributed by atoms with E-state index in [-0.39, 0.29) is 24.3 Å². The molecule has 6 heteroatoms. The highest BCUT2D eigenvalue weighted by Gasteiger charge is 2.44. The number of esters is 1. The number of hydrazine groups is 1. The summed E-state index contributed by atoms with van der Waals surface area (Å²) in [4.78, 5) is 25.1. The number of carbonyl (C=O) groups excluding carboxylic acids is 2. The summed E-state index contributed by atoms with van der Waals surface area (Å²) in [6.07, 6.45) is 7.27. The van der Waals surface area contributed by atoms with Crippen molar-refractivity contribution in [3.05, 3.63) is 12.4 Å². The highest BCUT2D eigenvalue weighted by atomic mass is 16.5. The van der Waals surface area contributed by atoms with Crippen molar-refractivity contribution in [2.45, 2.75) is 37.8 Å². The monoisotopic (exact) mass is 265 g/mol. The van der Waals surface area contributed by atoms with Crippen LogP contribution >= 0.6 is 0 Å². The van der Waals surface area contributed by atoms with Gasteiger partial charge in [-0.3, -0.25) is 9.59 Å². The smallest absolute Gasteiger partial charge is 0.307 e. The van der Waals surface area contributed by atoms with Crippen molar-refractivity contribution in [1.29, 1.82) is 0 Å². The quantitative estimate of drug-likeness (QED) is 0.737. The predicted octanol–water partition coefficient (Wildman–Crippen LogP) is 0.220. The summed E-state index contributed by atoms with van der Waals surface area (Å²) in [6, 6.07) is 0.312. The maximum atomic E-state index is 12.3. The van der Waals surface area contributed by atoms with Gasteiger partial charge in [0, 0.05) is 25.0 Å². The van der Waals surface area contributed by atoms with Crippen LogP contribution in [0.15, 0.2) is 12.4 Å². The molecule has 1 amide bonds. The fourth-order valence-corrected chi connectivity index (χ4v) is 2.77. The van der Waals surface area contributed by atoms with Gasteiger partial charge in [-0.15, -0.1) is 0 Å². The fraction of sp³-hybridized carbons (Fsp3) is 0.692. The predicted molar refractivity (Wildman–Crippen MR) is 67.4 cm³/mol. The maximum Gasteiger partial charge on any atom is 0.307 e. The van der Waals surface area contributed by atoms with Crippen LogP contribution in [-0.2, 0) is 14.3 Å². The standard InChI is InChI=1S/C13H19N3O3/c1-19-12(17)4-5-15-6-7-16-11(13(15)18)8-10(14-16)9-2-3-9/h6-7,9-11,14H,2-5,8H2,1H3. The zero-order valence-corrected chi connectivity index (χ0v) is 11.0. The number of hydrogen-bond acceptors (Lipinski definition) is 5. The van der Waals surface area contributed by atoms with E-state index in [1.165, 1.54) is 20.0 Å². The molecule has 0 aromatic carbocycles. The van der Waals surface area contributed by atoms with Crippen LogP contribution in [0.25, 0.3) is 0 Å². The van der Waals surface area contributed by atoms with Crippen LogP contribution < -0.4 is 5.43 Å². The number of methoxy groups -OCH3 is 1. The van der Waals surface area contributed by atoms with Crippen LogP contribution in [-0.4, -0.2) is 47.5 Å². The SMILES string of the molecule is COC(=O)CCN1C=CN2NC(C3CC3)CC2C1=O. The average molecular weight is 265 g/mol. The second kappa shape index (κ2) is 4.85. The zero-order chi connectivity index (χ0) is 13.4. The first-order valence-corrected chi connectivity index (χ1v) is 6.79. The number of nitrogens with zero attached hydrogens (tertiary/aromatic N) is 2. The summed E-state index contributed by atoms with van der Waals surface area (Å²) >= 11 is 0. The molecule has 0 aromatic rings. The van der Waals surface area contributed by atoms with Crippen LogP contribution in [0.4, 0.5) is 0 Å². The molecule has 2 atom stereocenters. The van der Waals surface area contributed by atoms with E-state index in [0.717, 1.165) is 12.3 Å². The van der Waals surface area contributed by atoms with Gasteiger partial charge in [0.15, 0.2) is 0 Å². The van der Waals surface area contributed by atoms with E-state index < -0.39 is 0 Å². The lowest BCUT2D eigenvalue weighted by atomic mass is 10.0. The van der Waals surface area contributed by atoms with Gasteiger partial charge in [-0.05, 0) is 25.2 Å². The molecule has 0 spiro atoms. The third kappa shape index (κ3) is 2.45. The third-order valence-electron chi connectivity index (χ3n) is 4.08. The van der Waals surface area contributed by atoms with Gasteiger partial charge >= 0.3 is 5.97 Å². The molecular weight excluding hydrogens is 246 g/mol. The Morgan fingerprint density at radius 2 is 2.26 bits per heavy atom. The number of nitrogens with one attached hydrogen (secondary N) is 1. The number of ether oxygens (including phenoxy) is 1. The van der Waals surface area contributed by atoms with E-state index in [4.69, 9.17) is 0 Å². The Balaban J connectivity index is 1.60. The Bertz CT molecular complexity index is 419. The first-order chi connectivity index (χ1) is 9.19. The molecule has 6 nitrogen and oxygen atoms in total. The molecule has 19 heavy (non-hydrogen) atoms. The normalized spacial score (nSPS) is 29.6. The molecule has 3 rings (SSSR count). The molecule has 104 valence electrons. The van der Waals surface area contributed by atoms with Crippen LogP contribution in [0, 0.1) is 5.92 Å². The summed E-state index contributed by atoms with van der Waals surface area (Å²) in [5.74, 6) is 0.515. The number of hydrogen-bond donors (Lipinski definition) is 1. The minimum absolute atomic E-state index is 0.0713. The largest absolute Gasteiger partial charge is 0.469 e. The van der Waals surface area contributed by atoms with Crippen molar-refractivity contribution in [3.63, 3.8) is 0 Å². The molecule has 0 bridgehead atoms. The van der Waals surface area contributed by atoms with Gasteiger partial charge in [-0.2, -0.15) is 0 Å². The lowest BCUT2D eigenvalue weighted by molar-refractivity contribution is -0.142. The number of amides is 1. The topological polar surface area (TPSA) is 61.9 Å². The maximum absolute atomic E-state index is 12.3. The molecule has 2 unspecified atom stereocenters. The zero-order valence-electron chi connectivity index (χ0n) is 11.0. The first-order valence-electron chi connectivity index (χ1n) is 6.79. The molecule has 2 aliphatic heterocycles. The molecule has 1 saturated carbocycles. The molecule has 3 aliphatic rings. The second-order valence-corrected chi connectivity index (χ2v) is 5.39. The average Bonchev–Trinajstić information content (AvgIpc) is 3.17. The summed E-state index contributed by atoms with van der Waals surface area (Å²) in [5, 5.41) is 1.92. The van der Waals surface area contributed by atoms with Crippen LogP contribution in [0.5, 0.6) is 0 Å². The van der Waals surface area contributed by atoms with Crippen LogP contribution in [0.3, 0.4) is 0 Å². The molecule has 2 heterocycles. The Labute approximate surface area is 112 Å². The van der Waals surface area contributed by atoms with Crippen molar-refractivity contribution in [1.82, 2.24) is 15.3 Å². The Morgan fingerprint density at radius 3 is 2.95 bits per heavy atom. The van der Waals surface area contributed by atoms with Crippen molar-refractivity contribution >= 4 is 11.9 Å². The summed E-state index contributed by atoms with van der Waals surface area (Å²) < 4.78 is 4.60. The summed E-state index contributed by atoms with van der Waals surface area (Å²) in [6.45, 7) is 0.389. The molecule has 0 radical (unpaired) electrons. The van der Waals surface area contributed by atoms with Crippen LogP contribution in [0.2, 0.25) is 0 Å². The Hall–Kier alpha value is -1.56. The van der Waals surface area contributed by atoms with Crippen molar-refractivity contribution in [2.24, 2.45) is 5.92 Å². The second-order valence-electron chi connectivity index (χ2n) is 5.39. The third-order valence-corrected chi connectivity index (χ3v) is 4.08. The number of carbonyl (C=O) groups is 2. The lowest BCUT2D eigenvalue weighted by Gasteiger charge is -2.31. The van der Waals surface area contributed by atoms with Gasteiger partial charge in [-0.1, -0.05) is 0 Å². The van der Waals surface area contributed by atoms with E-state index in [0.29, 0.717) is 12.6 Å². The van der Waals surface area contributed by atoms with Gasteiger partial charge in [0.25, 0.3) is 5.91 Å². The molecule has 1 N–H and O–H groups in total. The van der Waals surface area contributed by atoms with E-state index in [1.54, 1.807) is 11.1 Å². The van der Waals surface area contributed by atoms with Crippen molar-refractivity contribution in [3.8, 4) is 0 Å². The van der Waals surface area contributed by atoms with E-state index in [9.17, 15) is 9.59 Å². The highest BCUT2D eigenvalue weighted by Crippen LogP contribution is 2.38. The summed E-state index contributed by atoms with van der Waals surface area (Å²) in [7, 11) is 1.36. The summed E-state index contributed by atoms with van der Waals surface area (Å²) in [5.41, 5.74) is 3.39.